The Morgan fingerprint density at radius 1 is 0.939 bits per heavy atom. The van der Waals surface area contributed by atoms with Crippen LogP contribution in [-0.2, 0) is 14.8 Å². The second-order valence-corrected chi connectivity index (χ2v) is 9.35. The molecule has 3 rings (SSSR count). The monoisotopic (exact) mass is 468 g/mol. The standard InChI is InChI=1S/C25H28N2O5S/c1-19-8-10-21(11-9-19)27(33(29,30)23-14-12-22(31-3)13-15-23)18-25(28)26-16-17-32-24-7-5-4-6-20(24)2/h4-15H,16-18H2,1-3H3,(H,26,28). The summed E-state index contributed by atoms with van der Waals surface area (Å²) in [5.41, 5.74) is 2.39. The van der Waals surface area contributed by atoms with E-state index < -0.39 is 15.9 Å². The normalized spacial score (nSPS) is 11.0. The van der Waals surface area contributed by atoms with Crippen LogP contribution in [0.25, 0.3) is 0 Å². The molecule has 0 fully saturated rings. The second-order valence-electron chi connectivity index (χ2n) is 7.49. The van der Waals surface area contributed by atoms with E-state index in [9.17, 15) is 13.2 Å². The fourth-order valence-electron chi connectivity index (χ4n) is 3.16. The molecule has 174 valence electrons. The van der Waals surface area contributed by atoms with Gasteiger partial charge in [-0.05, 0) is 61.9 Å². The smallest absolute Gasteiger partial charge is 0.264 e. The minimum absolute atomic E-state index is 0.0690. The highest BCUT2D eigenvalue weighted by Gasteiger charge is 2.27. The van der Waals surface area contributed by atoms with Crippen molar-refractivity contribution in [2.45, 2.75) is 18.7 Å². The van der Waals surface area contributed by atoms with Gasteiger partial charge in [-0.2, -0.15) is 0 Å². The predicted octanol–water partition coefficient (Wildman–Crippen LogP) is 3.70. The fourth-order valence-corrected chi connectivity index (χ4v) is 4.58. The van der Waals surface area contributed by atoms with Gasteiger partial charge in [-0.25, -0.2) is 8.42 Å². The first-order valence-corrected chi connectivity index (χ1v) is 11.9. The molecular formula is C25H28N2O5S. The molecule has 3 aromatic carbocycles. The lowest BCUT2D eigenvalue weighted by molar-refractivity contribution is -0.119. The molecule has 1 amide bonds. The van der Waals surface area contributed by atoms with E-state index in [1.54, 1.807) is 36.4 Å². The fraction of sp³-hybridized carbons (Fsp3) is 0.240. The Morgan fingerprint density at radius 3 is 2.24 bits per heavy atom. The van der Waals surface area contributed by atoms with E-state index in [4.69, 9.17) is 9.47 Å². The minimum Gasteiger partial charge on any atom is -0.497 e. The van der Waals surface area contributed by atoms with Crippen molar-refractivity contribution >= 4 is 21.6 Å². The van der Waals surface area contributed by atoms with Gasteiger partial charge in [-0.3, -0.25) is 9.10 Å². The van der Waals surface area contributed by atoms with Crippen LogP contribution in [0.5, 0.6) is 11.5 Å². The number of benzene rings is 3. The summed E-state index contributed by atoms with van der Waals surface area (Å²) in [7, 11) is -2.47. The maximum absolute atomic E-state index is 13.4. The molecular weight excluding hydrogens is 440 g/mol. The van der Waals surface area contributed by atoms with Crippen LogP contribution in [0.4, 0.5) is 5.69 Å². The first-order valence-electron chi connectivity index (χ1n) is 10.5. The third-order valence-corrected chi connectivity index (χ3v) is 6.82. The third-order valence-electron chi connectivity index (χ3n) is 5.03. The molecule has 3 aromatic rings. The highest BCUT2D eigenvalue weighted by atomic mass is 32.2. The van der Waals surface area contributed by atoms with Gasteiger partial charge in [0.05, 0.1) is 24.2 Å². The molecule has 0 bridgehead atoms. The van der Waals surface area contributed by atoms with E-state index in [0.29, 0.717) is 11.4 Å². The molecule has 0 aliphatic heterocycles. The largest absolute Gasteiger partial charge is 0.497 e. The van der Waals surface area contributed by atoms with Crippen molar-refractivity contribution in [3.8, 4) is 11.5 Å². The number of rotatable bonds is 10. The van der Waals surface area contributed by atoms with Crippen LogP contribution < -0.4 is 19.1 Å². The first-order chi connectivity index (χ1) is 15.8. The highest BCUT2D eigenvalue weighted by molar-refractivity contribution is 7.92. The molecule has 33 heavy (non-hydrogen) atoms. The predicted molar refractivity (Wildman–Crippen MR) is 128 cm³/mol. The Bertz CT molecular complexity index is 1180. The van der Waals surface area contributed by atoms with Gasteiger partial charge in [0.1, 0.15) is 24.7 Å². The summed E-state index contributed by atoms with van der Waals surface area (Å²) in [4.78, 5) is 12.7. The van der Waals surface area contributed by atoms with Gasteiger partial charge >= 0.3 is 0 Å². The second kappa shape index (κ2) is 10.9. The van der Waals surface area contributed by atoms with Gasteiger partial charge in [0.25, 0.3) is 10.0 Å². The molecule has 1 N–H and O–H groups in total. The first kappa shape index (κ1) is 24.1. The lowest BCUT2D eigenvalue weighted by atomic mass is 10.2. The molecule has 0 aliphatic rings. The molecule has 0 aliphatic carbocycles. The topological polar surface area (TPSA) is 84.9 Å². The number of nitrogens with zero attached hydrogens (tertiary/aromatic N) is 1. The van der Waals surface area contributed by atoms with Crippen LogP contribution in [-0.4, -0.2) is 41.1 Å². The van der Waals surface area contributed by atoms with E-state index in [1.165, 1.54) is 19.2 Å². The van der Waals surface area contributed by atoms with Gasteiger partial charge < -0.3 is 14.8 Å². The Labute approximate surface area is 195 Å². The summed E-state index contributed by atoms with van der Waals surface area (Å²) in [5, 5.41) is 2.74. The van der Waals surface area contributed by atoms with E-state index in [0.717, 1.165) is 21.2 Å². The van der Waals surface area contributed by atoms with Crippen molar-refractivity contribution < 1.29 is 22.7 Å². The van der Waals surface area contributed by atoms with Crippen molar-refractivity contribution in [3.05, 3.63) is 83.9 Å². The van der Waals surface area contributed by atoms with Crippen LogP contribution in [0.3, 0.4) is 0 Å². The van der Waals surface area contributed by atoms with E-state index in [2.05, 4.69) is 5.32 Å². The average molecular weight is 469 g/mol. The van der Waals surface area contributed by atoms with Crippen molar-refractivity contribution in [2.24, 2.45) is 0 Å². The summed E-state index contributed by atoms with van der Waals surface area (Å²) in [6.07, 6.45) is 0. The molecule has 7 nitrogen and oxygen atoms in total. The number of anilines is 1. The maximum atomic E-state index is 13.4. The molecule has 0 heterocycles. The number of amides is 1. The lowest BCUT2D eigenvalue weighted by Gasteiger charge is -2.24. The van der Waals surface area contributed by atoms with Crippen LogP contribution in [0, 0.1) is 13.8 Å². The highest BCUT2D eigenvalue weighted by Crippen LogP contribution is 2.25. The summed E-state index contributed by atoms with van der Waals surface area (Å²) in [6.45, 7) is 4.01. The van der Waals surface area contributed by atoms with Crippen molar-refractivity contribution in [2.75, 3.05) is 31.1 Å². The Kier molecular flexibility index (Phi) is 7.95. The SMILES string of the molecule is COc1ccc(S(=O)(=O)N(CC(=O)NCCOc2ccccc2C)c2ccc(C)cc2)cc1. The van der Waals surface area contributed by atoms with E-state index in [-0.39, 0.29) is 24.6 Å². The summed E-state index contributed by atoms with van der Waals surface area (Å²) < 4.78 is 38.7. The van der Waals surface area contributed by atoms with Gasteiger partial charge in [0.15, 0.2) is 0 Å². The zero-order chi connectivity index (χ0) is 23.8. The third kappa shape index (κ3) is 6.26. The van der Waals surface area contributed by atoms with Gasteiger partial charge in [-0.15, -0.1) is 0 Å². The molecule has 0 atom stereocenters. The number of nitrogens with one attached hydrogen (secondary N) is 1. The van der Waals surface area contributed by atoms with E-state index in [1.807, 2.05) is 38.1 Å². The Morgan fingerprint density at radius 2 is 1.61 bits per heavy atom. The number of para-hydroxylation sites is 1. The van der Waals surface area contributed by atoms with Crippen LogP contribution >= 0.6 is 0 Å². The summed E-state index contributed by atoms with van der Waals surface area (Å²) in [6, 6.07) is 20.7. The van der Waals surface area contributed by atoms with Crippen molar-refractivity contribution in [3.63, 3.8) is 0 Å². The Balaban J connectivity index is 1.72. The maximum Gasteiger partial charge on any atom is 0.264 e. The zero-order valence-electron chi connectivity index (χ0n) is 18.9. The number of aryl methyl sites for hydroxylation is 2. The summed E-state index contributed by atoms with van der Waals surface area (Å²) in [5.74, 6) is 0.860. The van der Waals surface area contributed by atoms with Crippen molar-refractivity contribution in [1.29, 1.82) is 0 Å². The number of hydrogen-bond acceptors (Lipinski definition) is 5. The molecule has 0 aromatic heterocycles. The van der Waals surface area contributed by atoms with Gasteiger partial charge in [0, 0.05) is 0 Å². The van der Waals surface area contributed by atoms with Gasteiger partial charge in [0.2, 0.25) is 5.91 Å². The average Bonchev–Trinajstić information content (AvgIpc) is 2.82. The number of methoxy groups -OCH3 is 1. The molecule has 0 saturated heterocycles. The number of carbonyl (C=O) groups excluding carboxylic acids is 1. The number of hydrogen-bond donors (Lipinski definition) is 1. The molecule has 8 heteroatoms. The van der Waals surface area contributed by atoms with E-state index >= 15 is 0 Å². The van der Waals surface area contributed by atoms with Gasteiger partial charge in [-0.1, -0.05) is 35.9 Å². The lowest BCUT2D eigenvalue weighted by Crippen LogP contribution is -2.41. The minimum atomic E-state index is -3.98. The number of carbonyl (C=O) groups is 1. The number of sulfonamides is 1. The molecule has 0 saturated carbocycles. The van der Waals surface area contributed by atoms with Crippen LogP contribution in [0.15, 0.2) is 77.7 Å². The zero-order valence-corrected chi connectivity index (χ0v) is 19.8. The molecule has 0 unspecified atom stereocenters. The summed E-state index contributed by atoms with van der Waals surface area (Å²) >= 11 is 0. The molecule has 0 radical (unpaired) electrons. The molecule has 0 spiro atoms. The van der Waals surface area contributed by atoms with Crippen molar-refractivity contribution in [1.82, 2.24) is 5.32 Å². The van der Waals surface area contributed by atoms with Crippen LogP contribution in [0.1, 0.15) is 11.1 Å². The van der Waals surface area contributed by atoms with Crippen LogP contribution in [0.2, 0.25) is 0 Å². The quantitative estimate of drug-likeness (QED) is 0.459. The Hall–Kier alpha value is -3.52. The number of ether oxygens (including phenoxy) is 2.